The van der Waals surface area contributed by atoms with Crippen molar-refractivity contribution in [2.24, 2.45) is 11.8 Å². The maximum Gasteiger partial charge on any atom is 0.234 e. The Morgan fingerprint density at radius 2 is 1.68 bits per heavy atom. The minimum absolute atomic E-state index is 0.0384. The van der Waals surface area contributed by atoms with Gasteiger partial charge in [-0.05, 0) is 29.7 Å². The average Bonchev–Trinajstić information content (AvgIpc) is 3.29. The molecule has 2 aromatic carbocycles. The van der Waals surface area contributed by atoms with Gasteiger partial charge in [0.25, 0.3) is 0 Å². The quantitative estimate of drug-likeness (QED) is 0.789. The van der Waals surface area contributed by atoms with Gasteiger partial charge in [0.15, 0.2) is 0 Å². The van der Waals surface area contributed by atoms with Gasteiger partial charge in [-0.1, -0.05) is 49.4 Å². The summed E-state index contributed by atoms with van der Waals surface area (Å²) in [7, 11) is 1.63. The number of benzene rings is 2. The Hall–Kier alpha value is -2.62. The molecule has 4 heteroatoms. The van der Waals surface area contributed by atoms with Gasteiger partial charge in [0.1, 0.15) is 5.75 Å². The van der Waals surface area contributed by atoms with E-state index in [4.69, 9.17) is 4.74 Å². The highest BCUT2D eigenvalue weighted by Gasteiger charge is 2.76. The van der Waals surface area contributed by atoms with E-state index in [0.29, 0.717) is 6.54 Å². The predicted molar refractivity (Wildman–Crippen MR) is 93.9 cm³/mol. The van der Waals surface area contributed by atoms with Crippen molar-refractivity contribution < 1.29 is 14.3 Å². The summed E-state index contributed by atoms with van der Waals surface area (Å²) in [5.41, 5.74) is 1.65. The monoisotopic (exact) mass is 335 g/mol. The largest absolute Gasteiger partial charge is 0.497 e. The van der Waals surface area contributed by atoms with Crippen LogP contribution >= 0.6 is 0 Å². The summed E-state index contributed by atoms with van der Waals surface area (Å²) in [6.07, 6.45) is 0.770. The second-order valence-electron chi connectivity index (χ2n) is 6.83. The lowest BCUT2D eigenvalue weighted by Crippen LogP contribution is -2.38. The first-order valence-corrected chi connectivity index (χ1v) is 8.67. The van der Waals surface area contributed by atoms with Gasteiger partial charge in [-0.25, -0.2) is 0 Å². The zero-order valence-corrected chi connectivity index (χ0v) is 14.4. The van der Waals surface area contributed by atoms with Crippen molar-refractivity contribution in [2.75, 3.05) is 7.11 Å². The number of fused-ring (bicyclic) bond motifs is 1. The number of likely N-dealkylation sites (tertiary alicyclic amines) is 1. The summed E-state index contributed by atoms with van der Waals surface area (Å²) in [4.78, 5) is 27.3. The molecule has 0 aromatic heterocycles. The molecule has 1 aliphatic carbocycles. The second-order valence-corrected chi connectivity index (χ2v) is 6.83. The molecule has 1 heterocycles. The van der Waals surface area contributed by atoms with Crippen LogP contribution in [0.5, 0.6) is 5.75 Å². The molecular formula is C21H21NO3. The van der Waals surface area contributed by atoms with Gasteiger partial charge in [-0.2, -0.15) is 0 Å². The molecule has 2 amide bonds. The van der Waals surface area contributed by atoms with Crippen LogP contribution in [0.1, 0.15) is 24.5 Å². The topological polar surface area (TPSA) is 46.6 Å². The molecule has 2 aromatic rings. The summed E-state index contributed by atoms with van der Waals surface area (Å²) in [6.45, 7) is 2.42. The van der Waals surface area contributed by atoms with E-state index in [1.165, 1.54) is 4.90 Å². The third-order valence-electron chi connectivity index (χ3n) is 5.77. The van der Waals surface area contributed by atoms with Crippen molar-refractivity contribution in [1.82, 2.24) is 4.90 Å². The Kier molecular flexibility index (Phi) is 3.64. The lowest BCUT2D eigenvalue weighted by Gasteiger charge is -2.25. The van der Waals surface area contributed by atoms with E-state index in [-0.39, 0.29) is 29.1 Å². The molecular weight excluding hydrogens is 314 g/mol. The number of amides is 2. The van der Waals surface area contributed by atoms with Crippen LogP contribution in [0.15, 0.2) is 54.6 Å². The maximum absolute atomic E-state index is 12.9. The number of carbonyl (C=O) groups excluding carboxylic acids is 2. The number of methoxy groups -OCH3 is 1. The highest BCUT2D eigenvalue weighted by molar-refractivity contribution is 6.11. The number of nitrogens with zero attached hydrogens (tertiary/aromatic N) is 1. The van der Waals surface area contributed by atoms with Gasteiger partial charge >= 0.3 is 0 Å². The highest BCUT2D eigenvalue weighted by atomic mass is 16.5. The van der Waals surface area contributed by atoms with E-state index in [9.17, 15) is 9.59 Å². The smallest absolute Gasteiger partial charge is 0.234 e. The van der Waals surface area contributed by atoms with Crippen LogP contribution in [0.3, 0.4) is 0 Å². The highest BCUT2D eigenvalue weighted by Crippen LogP contribution is 2.66. The molecule has 0 radical (unpaired) electrons. The lowest BCUT2D eigenvalue weighted by molar-refractivity contribution is -0.143. The van der Waals surface area contributed by atoms with Gasteiger partial charge in [0.05, 0.1) is 25.5 Å². The summed E-state index contributed by atoms with van der Waals surface area (Å²) < 4.78 is 5.32. The number of carbonyl (C=O) groups is 2. The molecule has 0 spiro atoms. The van der Waals surface area contributed by atoms with Gasteiger partial charge in [-0.15, -0.1) is 0 Å². The van der Waals surface area contributed by atoms with Crippen LogP contribution in [-0.2, 0) is 21.5 Å². The first-order valence-electron chi connectivity index (χ1n) is 8.67. The van der Waals surface area contributed by atoms with Gasteiger partial charge in [0, 0.05) is 5.41 Å². The summed E-state index contributed by atoms with van der Waals surface area (Å²) >= 11 is 0. The van der Waals surface area contributed by atoms with E-state index < -0.39 is 0 Å². The molecule has 1 aliphatic heterocycles. The number of piperidine rings is 1. The number of imide groups is 1. The summed E-state index contributed by atoms with van der Waals surface area (Å²) in [5.74, 6) is 0.213. The third-order valence-corrected chi connectivity index (χ3v) is 5.77. The van der Waals surface area contributed by atoms with Crippen LogP contribution < -0.4 is 4.74 Å². The zero-order valence-electron chi connectivity index (χ0n) is 14.4. The minimum Gasteiger partial charge on any atom is -0.497 e. The standard InChI is InChI=1S/C21H21NO3/c1-3-21(15-10-7-11-16(12-15)25-2)17-18(21)20(24)22(19(17)23)13-14-8-5-4-6-9-14/h4-12,17-18H,3,13H2,1-2H3. The molecule has 0 bridgehead atoms. The summed E-state index contributed by atoms with van der Waals surface area (Å²) in [6, 6.07) is 17.4. The fourth-order valence-electron chi connectivity index (χ4n) is 4.45. The van der Waals surface area contributed by atoms with Crippen LogP contribution in [0, 0.1) is 11.8 Å². The predicted octanol–water partition coefficient (Wildman–Crippen LogP) is 3.16. The molecule has 0 N–H and O–H groups in total. The Labute approximate surface area is 147 Å². The molecule has 128 valence electrons. The van der Waals surface area contributed by atoms with Crippen molar-refractivity contribution in [1.29, 1.82) is 0 Å². The fourth-order valence-corrected chi connectivity index (χ4v) is 4.45. The van der Waals surface area contributed by atoms with E-state index in [0.717, 1.165) is 23.3 Å². The number of hydrogen-bond donors (Lipinski definition) is 0. The average molecular weight is 335 g/mol. The molecule has 2 fully saturated rings. The maximum atomic E-state index is 12.9. The van der Waals surface area contributed by atoms with Crippen molar-refractivity contribution in [2.45, 2.75) is 25.3 Å². The Morgan fingerprint density at radius 3 is 2.28 bits per heavy atom. The molecule has 2 unspecified atom stereocenters. The molecule has 25 heavy (non-hydrogen) atoms. The Balaban J connectivity index is 1.62. The molecule has 1 saturated heterocycles. The molecule has 2 atom stereocenters. The summed E-state index contributed by atoms with van der Waals surface area (Å²) in [5, 5.41) is 0. The fraction of sp³-hybridized carbons (Fsp3) is 0.333. The number of hydrogen-bond acceptors (Lipinski definition) is 3. The first-order chi connectivity index (χ1) is 12.1. The van der Waals surface area contributed by atoms with Gasteiger partial charge < -0.3 is 4.74 Å². The van der Waals surface area contributed by atoms with Crippen molar-refractivity contribution in [3.63, 3.8) is 0 Å². The molecule has 2 aliphatic rings. The van der Waals surface area contributed by atoms with Gasteiger partial charge in [-0.3, -0.25) is 14.5 Å². The van der Waals surface area contributed by atoms with E-state index >= 15 is 0 Å². The zero-order chi connectivity index (χ0) is 17.6. The second kappa shape index (κ2) is 5.73. The van der Waals surface area contributed by atoms with Crippen molar-refractivity contribution in [3.05, 3.63) is 65.7 Å². The molecule has 4 nitrogen and oxygen atoms in total. The molecule has 1 saturated carbocycles. The van der Waals surface area contributed by atoms with Crippen LogP contribution in [0.2, 0.25) is 0 Å². The Morgan fingerprint density at radius 1 is 1.00 bits per heavy atom. The lowest BCUT2D eigenvalue weighted by atomic mass is 9.87. The van der Waals surface area contributed by atoms with Crippen molar-refractivity contribution in [3.8, 4) is 5.75 Å². The van der Waals surface area contributed by atoms with E-state index in [1.54, 1.807) is 7.11 Å². The number of rotatable bonds is 5. The van der Waals surface area contributed by atoms with Gasteiger partial charge in [0.2, 0.25) is 11.8 Å². The van der Waals surface area contributed by atoms with Crippen LogP contribution in [0.25, 0.3) is 0 Å². The Bertz CT molecular complexity index is 808. The number of ether oxygens (including phenoxy) is 1. The van der Waals surface area contributed by atoms with Crippen molar-refractivity contribution >= 4 is 11.8 Å². The molecule has 4 rings (SSSR count). The third kappa shape index (κ3) is 2.20. The SMILES string of the molecule is CCC1(c2cccc(OC)c2)C2C(=O)N(Cc3ccccc3)C(=O)C21. The van der Waals surface area contributed by atoms with E-state index in [2.05, 4.69) is 6.92 Å². The minimum atomic E-state index is -0.365. The van der Waals surface area contributed by atoms with Crippen LogP contribution in [-0.4, -0.2) is 23.8 Å². The normalized spacial score (nSPS) is 27.4. The first kappa shape index (κ1) is 15.9. The van der Waals surface area contributed by atoms with Crippen LogP contribution in [0.4, 0.5) is 0 Å². The van der Waals surface area contributed by atoms with E-state index in [1.807, 2.05) is 54.6 Å².